The first kappa shape index (κ1) is 37.2. The summed E-state index contributed by atoms with van der Waals surface area (Å²) in [4.78, 5) is 4.97. The summed E-state index contributed by atoms with van der Waals surface area (Å²) < 4.78 is 6.58. The molecule has 8 aromatic rings. The van der Waals surface area contributed by atoms with E-state index in [1.807, 2.05) is 0 Å². The normalized spacial score (nSPS) is 21.5. The lowest BCUT2D eigenvalue weighted by Gasteiger charge is -2.33. The molecule has 4 unspecified atom stereocenters. The van der Waals surface area contributed by atoms with Crippen molar-refractivity contribution in [1.82, 2.24) is 0 Å². The summed E-state index contributed by atoms with van der Waals surface area (Å²) in [6.45, 7) is 4.93. The fourth-order valence-electron chi connectivity index (χ4n) is 11.8. The lowest BCUT2D eigenvalue weighted by Crippen LogP contribution is -2.29. The van der Waals surface area contributed by atoms with Gasteiger partial charge in [-0.15, -0.1) is 0 Å². The number of rotatable bonds is 6. The summed E-state index contributed by atoms with van der Waals surface area (Å²) in [5.74, 6) is 0.960. The number of benzene rings is 7. The van der Waals surface area contributed by atoms with E-state index >= 15 is 0 Å². The van der Waals surface area contributed by atoms with Crippen molar-refractivity contribution in [2.24, 2.45) is 5.92 Å². The molecule has 13 rings (SSSR count). The molecule has 3 nitrogen and oxygen atoms in total. The van der Waals surface area contributed by atoms with E-state index in [1.54, 1.807) is 0 Å². The summed E-state index contributed by atoms with van der Waals surface area (Å²) in [6.07, 6.45) is 21.5. The van der Waals surface area contributed by atoms with Gasteiger partial charge >= 0.3 is 0 Å². The SMILES string of the molecule is CC1(C)c2cc(C3=CC=C(N(c4ccccc4)c4cccc5ccccc45)CC3)ccc2C2C=CC(C3=CC4c5ccccc5N(c5cccc6c5oc5ccccc56)C4C=C3)=CC21. The first-order valence-corrected chi connectivity index (χ1v) is 23.0. The zero-order valence-electron chi connectivity index (χ0n) is 36.2. The molecule has 1 aromatic heterocycles. The first-order chi connectivity index (χ1) is 31.5. The first-order valence-electron chi connectivity index (χ1n) is 23.0. The van der Waals surface area contributed by atoms with E-state index in [1.165, 1.54) is 72.5 Å². The summed E-state index contributed by atoms with van der Waals surface area (Å²) in [6, 6.07) is 57.6. The monoisotopic (exact) mass is 824 g/mol. The predicted molar refractivity (Wildman–Crippen MR) is 267 cm³/mol. The molecule has 0 saturated carbocycles. The summed E-state index contributed by atoms with van der Waals surface area (Å²) >= 11 is 0. The van der Waals surface area contributed by atoms with E-state index in [4.69, 9.17) is 4.42 Å². The van der Waals surface area contributed by atoms with Crippen molar-refractivity contribution < 1.29 is 4.42 Å². The molecule has 0 fully saturated rings. The third kappa shape index (κ3) is 5.66. The van der Waals surface area contributed by atoms with Crippen LogP contribution in [0.15, 0.2) is 228 Å². The Morgan fingerprint density at radius 3 is 2.22 bits per heavy atom. The average molecular weight is 825 g/mol. The second-order valence-corrected chi connectivity index (χ2v) is 18.8. The molecule has 308 valence electrons. The van der Waals surface area contributed by atoms with Gasteiger partial charge in [0.2, 0.25) is 0 Å². The maximum atomic E-state index is 6.58. The highest BCUT2D eigenvalue weighted by molar-refractivity contribution is 6.10. The smallest absolute Gasteiger partial charge is 0.159 e. The molecule has 0 saturated heterocycles. The van der Waals surface area contributed by atoms with Crippen molar-refractivity contribution in [2.75, 3.05) is 9.80 Å². The minimum absolute atomic E-state index is 0.0236. The molecule has 4 atom stereocenters. The molecular formula is C61H48N2O. The van der Waals surface area contributed by atoms with Crippen LogP contribution >= 0.6 is 0 Å². The van der Waals surface area contributed by atoms with Crippen LogP contribution in [0.1, 0.15) is 60.8 Å². The van der Waals surface area contributed by atoms with Crippen LogP contribution in [-0.2, 0) is 5.41 Å². The number of furan rings is 1. The van der Waals surface area contributed by atoms with Gasteiger partial charge < -0.3 is 14.2 Å². The number of anilines is 4. The van der Waals surface area contributed by atoms with Crippen LogP contribution in [0.4, 0.5) is 22.7 Å². The van der Waals surface area contributed by atoms with E-state index in [2.05, 4.69) is 230 Å². The van der Waals surface area contributed by atoms with Crippen LogP contribution < -0.4 is 9.80 Å². The van der Waals surface area contributed by atoms with Gasteiger partial charge in [0.05, 0.1) is 17.4 Å². The quantitative estimate of drug-likeness (QED) is 0.167. The standard InChI is InChI=1S/C61H48N2O/c1-61(2)53-37-42(39-26-31-45(32-27-39)62(44-16-4-3-5-17-44)55-23-12-15-40-14-6-7-18-46(40)55)28-33-47(53)48-34-29-43(38-54(48)61)41-30-35-57-52(36-41)49-19-8-10-22-56(49)63(57)58-24-13-21-51-50-20-9-11-25-59(50)64-60(51)58/h3-26,28-31,33-38,48,52,54,57H,27,32H2,1-2H3. The van der Waals surface area contributed by atoms with Crippen LogP contribution in [0.3, 0.4) is 0 Å². The Morgan fingerprint density at radius 1 is 0.594 bits per heavy atom. The lowest BCUT2D eigenvalue weighted by molar-refractivity contribution is 0.393. The fourth-order valence-corrected chi connectivity index (χ4v) is 11.8. The number of nitrogens with zero attached hydrogens (tertiary/aromatic N) is 2. The van der Waals surface area contributed by atoms with Gasteiger partial charge in [-0.25, -0.2) is 0 Å². The summed E-state index contributed by atoms with van der Waals surface area (Å²) in [5, 5.41) is 4.84. The highest BCUT2D eigenvalue weighted by Crippen LogP contribution is 2.56. The molecule has 5 aliphatic rings. The summed E-state index contributed by atoms with van der Waals surface area (Å²) in [7, 11) is 0. The molecule has 64 heavy (non-hydrogen) atoms. The van der Waals surface area contributed by atoms with Crippen molar-refractivity contribution in [2.45, 2.75) is 50.0 Å². The van der Waals surface area contributed by atoms with Crippen molar-refractivity contribution in [3.8, 4) is 0 Å². The molecule has 7 aromatic carbocycles. The Balaban J connectivity index is 0.802. The lowest BCUT2D eigenvalue weighted by atomic mass is 9.72. The zero-order valence-corrected chi connectivity index (χ0v) is 36.2. The molecule has 0 bridgehead atoms. The summed E-state index contributed by atoms with van der Waals surface area (Å²) in [5.41, 5.74) is 17.7. The Labute approximate surface area is 375 Å². The highest BCUT2D eigenvalue weighted by atomic mass is 16.3. The van der Waals surface area contributed by atoms with Gasteiger partial charge in [-0.05, 0) is 111 Å². The van der Waals surface area contributed by atoms with Crippen LogP contribution in [0, 0.1) is 5.92 Å². The van der Waals surface area contributed by atoms with E-state index in [9.17, 15) is 0 Å². The molecular weight excluding hydrogens is 777 g/mol. The molecule has 0 radical (unpaired) electrons. The number of allylic oxidation sites excluding steroid dienone is 10. The van der Waals surface area contributed by atoms with Crippen LogP contribution in [0.2, 0.25) is 0 Å². The fraction of sp³-hybridized carbons (Fsp3) is 0.148. The molecule has 2 heterocycles. The van der Waals surface area contributed by atoms with E-state index in [0.717, 1.165) is 40.5 Å². The van der Waals surface area contributed by atoms with Crippen LogP contribution in [-0.4, -0.2) is 6.04 Å². The van der Waals surface area contributed by atoms with Crippen molar-refractivity contribution in [3.63, 3.8) is 0 Å². The zero-order chi connectivity index (χ0) is 42.5. The number of hydrogen-bond acceptors (Lipinski definition) is 3. The van der Waals surface area contributed by atoms with Gasteiger partial charge in [-0.1, -0.05) is 178 Å². The minimum Gasteiger partial charge on any atom is -0.454 e. The molecule has 0 spiro atoms. The third-order valence-electron chi connectivity index (χ3n) is 15.0. The Hall–Kier alpha value is -7.36. The average Bonchev–Trinajstić information content (AvgIpc) is 3.97. The predicted octanol–water partition coefficient (Wildman–Crippen LogP) is 15.9. The van der Waals surface area contributed by atoms with Gasteiger partial charge in [0.25, 0.3) is 0 Å². The molecule has 0 N–H and O–H groups in total. The minimum atomic E-state index is -0.0236. The number of fused-ring (bicyclic) bond motifs is 10. The van der Waals surface area contributed by atoms with Gasteiger partial charge in [-0.3, -0.25) is 0 Å². The Bertz CT molecular complexity index is 3400. The van der Waals surface area contributed by atoms with Crippen molar-refractivity contribution in [3.05, 3.63) is 245 Å². The molecule has 0 amide bonds. The van der Waals surface area contributed by atoms with E-state index in [-0.39, 0.29) is 17.4 Å². The second kappa shape index (κ2) is 14.3. The highest BCUT2D eigenvalue weighted by Gasteiger charge is 2.46. The number of para-hydroxylation sites is 4. The van der Waals surface area contributed by atoms with Gasteiger partial charge in [0.15, 0.2) is 5.58 Å². The van der Waals surface area contributed by atoms with Crippen LogP contribution in [0.5, 0.6) is 0 Å². The molecule has 1 aliphatic heterocycles. The van der Waals surface area contributed by atoms with Crippen molar-refractivity contribution in [1.29, 1.82) is 0 Å². The Morgan fingerprint density at radius 2 is 1.33 bits per heavy atom. The maximum Gasteiger partial charge on any atom is 0.159 e. The Kier molecular flexibility index (Phi) is 8.34. The second-order valence-electron chi connectivity index (χ2n) is 18.8. The van der Waals surface area contributed by atoms with Gasteiger partial charge in [0.1, 0.15) is 5.58 Å². The topological polar surface area (TPSA) is 19.6 Å². The van der Waals surface area contributed by atoms with Gasteiger partial charge in [-0.2, -0.15) is 0 Å². The molecule has 3 heteroatoms. The van der Waals surface area contributed by atoms with E-state index in [0.29, 0.717) is 11.8 Å². The van der Waals surface area contributed by atoms with Crippen LogP contribution in [0.25, 0.3) is 38.3 Å². The van der Waals surface area contributed by atoms with Gasteiger partial charge in [0, 0.05) is 45.1 Å². The van der Waals surface area contributed by atoms with Crippen molar-refractivity contribution >= 4 is 61.0 Å². The maximum absolute atomic E-state index is 6.58. The largest absolute Gasteiger partial charge is 0.454 e. The number of hydrogen-bond donors (Lipinski definition) is 0. The van der Waals surface area contributed by atoms with E-state index < -0.39 is 0 Å². The molecule has 4 aliphatic carbocycles. The third-order valence-corrected chi connectivity index (χ3v) is 15.0.